The number of piperidine rings is 1. The second-order valence-electron chi connectivity index (χ2n) is 4.57. The summed E-state index contributed by atoms with van der Waals surface area (Å²) >= 11 is 0. The Bertz CT molecular complexity index is 401. The highest BCUT2D eigenvalue weighted by molar-refractivity contribution is 5.79. The van der Waals surface area contributed by atoms with Crippen LogP contribution in [0.3, 0.4) is 0 Å². The average molecular weight is 248 g/mol. The molecule has 98 valence electrons. The number of carbonyl (C=O) groups is 1. The summed E-state index contributed by atoms with van der Waals surface area (Å²) in [5, 5.41) is 6.24. The lowest BCUT2D eigenvalue weighted by Gasteiger charge is -2.22. The molecular formula is C14H20N2O2. The summed E-state index contributed by atoms with van der Waals surface area (Å²) < 4.78 is 5.26. The van der Waals surface area contributed by atoms with E-state index < -0.39 is 0 Å². The van der Waals surface area contributed by atoms with Gasteiger partial charge < -0.3 is 15.4 Å². The Morgan fingerprint density at radius 1 is 1.50 bits per heavy atom. The number of nitrogens with one attached hydrogen (secondary N) is 2. The first-order valence-electron chi connectivity index (χ1n) is 6.41. The molecule has 1 unspecified atom stereocenters. The number of carbonyl (C=O) groups excluding carboxylic acids is 1. The number of hydrogen-bond acceptors (Lipinski definition) is 3. The van der Waals surface area contributed by atoms with Gasteiger partial charge in [0.1, 0.15) is 5.75 Å². The van der Waals surface area contributed by atoms with Crippen LogP contribution in [0.15, 0.2) is 24.3 Å². The van der Waals surface area contributed by atoms with Crippen LogP contribution in [0.1, 0.15) is 18.4 Å². The van der Waals surface area contributed by atoms with Gasteiger partial charge in [0.25, 0.3) is 0 Å². The first kappa shape index (κ1) is 12.9. The van der Waals surface area contributed by atoms with E-state index in [4.69, 9.17) is 4.74 Å². The van der Waals surface area contributed by atoms with Gasteiger partial charge in [-0.05, 0) is 25.5 Å². The molecule has 1 amide bonds. The Balaban J connectivity index is 1.88. The molecule has 1 atom stereocenters. The number of benzene rings is 1. The maximum Gasteiger partial charge on any atom is 0.224 e. The molecule has 2 rings (SSSR count). The highest BCUT2D eigenvalue weighted by Crippen LogP contribution is 2.17. The Kier molecular flexibility index (Phi) is 4.59. The van der Waals surface area contributed by atoms with Gasteiger partial charge in [-0.15, -0.1) is 0 Å². The lowest BCUT2D eigenvalue weighted by atomic mass is 9.99. The van der Waals surface area contributed by atoms with Crippen LogP contribution in [0, 0.1) is 5.92 Å². The Morgan fingerprint density at radius 2 is 2.33 bits per heavy atom. The van der Waals surface area contributed by atoms with Crippen LogP contribution in [0.5, 0.6) is 5.75 Å². The van der Waals surface area contributed by atoms with Gasteiger partial charge in [-0.2, -0.15) is 0 Å². The number of para-hydroxylation sites is 1. The van der Waals surface area contributed by atoms with Crippen molar-refractivity contribution in [2.75, 3.05) is 20.2 Å². The summed E-state index contributed by atoms with van der Waals surface area (Å²) in [4.78, 5) is 12.0. The number of methoxy groups -OCH3 is 1. The van der Waals surface area contributed by atoms with Crippen molar-refractivity contribution >= 4 is 5.91 Å². The smallest absolute Gasteiger partial charge is 0.224 e. The molecule has 1 saturated heterocycles. The largest absolute Gasteiger partial charge is 0.496 e. The lowest BCUT2D eigenvalue weighted by Crippen LogP contribution is -2.40. The molecule has 2 N–H and O–H groups in total. The maximum absolute atomic E-state index is 12.0. The lowest BCUT2D eigenvalue weighted by molar-refractivity contribution is -0.125. The summed E-state index contributed by atoms with van der Waals surface area (Å²) in [6, 6.07) is 7.75. The summed E-state index contributed by atoms with van der Waals surface area (Å²) in [7, 11) is 1.64. The number of amides is 1. The second-order valence-corrected chi connectivity index (χ2v) is 4.57. The monoisotopic (exact) mass is 248 g/mol. The van der Waals surface area contributed by atoms with Crippen molar-refractivity contribution in [3.05, 3.63) is 29.8 Å². The van der Waals surface area contributed by atoms with E-state index in [-0.39, 0.29) is 11.8 Å². The van der Waals surface area contributed by atoms with E-state index in [1.165, 1.54) is 0 Å². The van der Waals surface area contributed by atoms with Crippen LogP contribution in [0.2, 0.25) is 0 Å². The third kappa shape index (κ3) is 3.23. The van der Waals surface area contributed by atoms with Crippen LogP contribution >= 0.6 is 0 Å². The molecule has 0 radical (unpaired) electrons. The van der Waals surface area contributed by atoms with Gasteiger partial charge in [0, 0.05) is 18.7 Å². The van der Waals surface area contributed by atoms with Gasteiger partial charge in [0.05, 0.1) is 13.0 Å². The topological polar surface area (TPSA) is 50.4 Å². The molecule has 0 bridgehead atoms. The maximum atomic E-state index is 12.0. The minimum absolute atomic E-state index is 0.105. The van der Waals surface area contributed by atoms with E-state index in [1.54, 1.807) is 7.11 Å². The van der Waals surface area contributed by atoms with Crippen molar-refractivity contribution in [3.8, 4) is 5.75 Å². The predicted molar refractivity (Wildman–Crippen MR) is 70.4 cm³/mol. The van der Waals surface area contributed by atoms with Gasteiger partial charge in [-0.25, -0.2) is 0 Å². The van der Waals surface area contributed by atoms with E-state index in [1.807, 2.05) is 24.3 Å². The summed E-state index contributed by atoms with van der Waals surface area (Å²) in [6.45, 7) is 2.34. The molecule has 0 aromatic heterocycles. The molecule has 0 aliphatic carbocycles. The SMILES string of the molecule is COc1ccccc1CNC(=O)C1CCCNC1. The molecule has 1 aromatic rings. The fraction of sp³-hybridized carbons (Fsp3) is 0.500. The van der Waals surface area contributed by atoms with Gasteiger partial charge >= 0.3 is 0 Å². The van der Waals surface area contributed by atoms with Crippen molar-refractivity contribution in [1.82, 2.24) is 10.6 Å². The van der Waals surface area contributed by atoms with Crippen molar-refractivity contribution in [2.24, 2.45) is 5.92 Å². The number of rotatable bonds is 4. The van der Waals surface area contributed by atoms with Crippen LogP contribution < -0.4 is 15.4 Å². The average Bonchev–Trinajstić information content (AvgIpc) is 2.46. The molecular weight excluding hydrogens is 228 g/mol. The summed E-state index contributed by atoms with van der Waals surface area (Å²) in [5.74, 6) is 1.06. The van der Waals surface area contributed by atoms with Gasteiger partial charge in [-0.3, -0.25) is 4.79 Å². The highest BCUT2D eigenvalue weighted by Gasteiger charge is 2.20. The minimum Gasteiger partial charge on any atom is -0.496 e. The summed E-state index contributed by atoms with van der Waals surface area (Å²) in [5.41, 5.74) is 1.01. The zero-order chi connectivity index (χ0) is 12.8. The zero-order valence-corrected chi connectivity index (χ0v) is 10.7. The molecule has 1 fully saturated rings. The van der Waals surface area contributed by atoms with E-state index in [0.717, 1.165) is 37.2 Å². The van der Waals surface area contributed by atoms with Crippen LogP contribution in [-0.4, -0.2) is 26.1 Å². The Morgan fingerprint density at radius 3 is 3.06 bits per heavy atom. The molecule has 1 aromatic carbocycles. The number of ether oxygens (including phenoxy) is 1. The molecule has 0 spiro atoms. The molecule has 18 heavy (non-hydrogen) atoms. The first-order chi connectivity index (χ1) is 8.81. The van der Waals surface area contributed by atoms with Crippen molar-refractivity contribution in [2.45, 2.75) is 19.4 Å². The van der Waals surface area contributed by atoms with E-state index in [0.29, 0.717) is 6.54 Å². The zero-order valence-electron chi connectivity index (χ0n) is 10.7. The van der Waals surface area contributed by atoms with Gasteiger partial charge in [0.15, 0.2) is 0 Å². The standard InChI is InChI=1S/C14H20N2O2/c1-18-13-7-3-2-5-11(13)10-16-14(17)12-6-4-8-15-9-12/h2-3,5,7,12,15H,4,6,8-10H2,1H3,(H,16,17). The van der Waals surface area contributed by atoms with Crippen molar-refractivity contribution in [1.29, 1.82) is 0 Å². The van der Waals surface area contributed by atoms with Crippen LogP contribution in [-0.2, 0) is 11.3 Å². The third-order valence-electron chi connectivity index (χ3n) is 3.31. The second kappa shape index (κ2) is 6.40. The van der Waals surface area contributed by atoms with Crippen LogP contribution in [0.4, 0.5) is 0 Å². The van der Waals surface area contributed by atoms with Gasteiger partial charge in [0.2, 0.25) is 5.91 Å². The fourth-order valence-electron chi connectivity index (χ4n) is 2.25. The Hall–Kier alpha value is -1.55. The first-order valence-corrected chi connectivity index (χ1v) is 6.41. The normalized spacial score (nSPS) is 19.3. The van der Waals surface area contributed by atoms with Crippen molar-refractivity contribution < 1.29 is 9.53 Å². The highest BCUT2D eigenvalue weighted by atomic mass is 16.5. The molecule has 1 aliphatic rings. The Labute approximate surface area is 108 Å². The molecule has 0 saturated carbocycles. The molecule has 4 heteroatoms. The van der Waals surface area contributed by atoms with E-state index >= 15 is 0 Å². The quantitative estimate of drug-likeness (QED) is 0.844. The van der Waals surface area contributed by atoms with E-state index in [9.17, 15) is 4.79 Å². The molecule has 1 aliphatic heterocycles. The van der Waals surface area contributed by atoms with Gasteiger partial charge in [-0.1, -0.05) is 18.2 Å². The molecule has 1 heterocycles. The molecule has 4 nitrogen and oxygen atoms in total. The minimum atomic E-state index is 0.105. The fourth-order valence-corrected chi connectivity index (χ4v) is 2.25. The predicted octanol–water partition coefficient (Wildman–Crippen LogP) is 1.31. The van der Waals surface area contributed by atoms with E-state index in [2.05, 4.69) is 10.6 Å². The van der Waals surface area contributed by atoms with Crippen molar-refractivity contribution in [3.63, 3.8) is 0 Å². The number of hydrogen-bond donors (Lipinski definition) is 2. The third-order valence-corrected chi connectivity index (χ3v) is 3.31. The van der Waals surface area contributed by atoms with Crippen LogP contribution in [0.25, 0.3) is 0 Å². The summed E-state index contributed by atoms with van der Waals surface area (Å²) in [6.07, 6.45) is 2.05.